The van der Waals surface area contributed by atoms with Gasteiger partial charge >= 0.3 is 6.61 Å². The minimum absolute atomic E-state index is 0.108. The third-order valence-electron chi connectivity index (χ3n) is 3.98. The van der Waals surface area contributed by atoms with Gasteiger partial charge in [-0.15, -0.1) is 0 Å². The second-order valence-corrected chi connectivity index (χ2v) is 6.94. The Labute approximate surface area is 180 Å². The molecule has 0 spiro atoms. The van der Waals surface area contributed by atoms with Crippen LogP contribution < -0.4 is 15.0 Å². The molecule has 2 aromatic rings. The first-order valence-electron chi connectivity index (χ1n) is 8.34. The van der Waals surface area contributed by atoms with Crippen LogP contribution in [-0.4, -0.2) is 31.2 Å². The van der Waals surface area contributed by atoms with Crippen molar-refractivity contribution in [3.63, 3.8) is 0 Å². The Morgan fingerprint density at radius 3 is 2.13 bits per heavy atom. The first-order valence-corrected chi connectivity index (χ1v) is 9.09. The van der Waals surface area contributed by atoms with Gasteiger partial charge in [-0.2, -0.15) is 8.78 Å². The van der Waals surface area contributed by atoms with Crippen LogP contribution in [0, 0.1) is 17.1 Å². The fourth-order valence-corrected chi connectivity index (χ4v) is 2.96. The molecule has 0 heterocycles. The van der Waals surface area contributed by atoms with Gasteiger partial charge in [-0.3, -0.25) is 9.59 Å². The van der Waals surface area contributed by atoms with Gasteiger partial charge in [0.1, 0.15) is 5.75 Å². The predicted octanol–water partition coefficient (Wildman–Crippen LogP) is 4.99. The van der Waals surface area contributed by atoms with E-state index in [-0.39, 0.29) is 32.9 Å². The molecule has 0 fully saturated rings. The molecule has 2 amide bonds. The van der Waals surface area contributed by atoms with Gasteiger partial charge in [0.25, 0.3) is 0 Å². The summed E-state index contributed by atoms with van der Waals surface area (Å²) in [7, 11) is 1.32. The predicted molar refractivity (Wildman–Crippen MR) is 108 cm³/mol. The number of anilines is 2. The SMILES string of the molecule is CC(=N)C(C(=O)Nc1ccc(OC(F)F)cc1)C(=O)N(C)c1cc(Cl)c(F)c(Cl)c1. The lowest BCUT2D eigenvalue weighted by Gasteiger charge is -2.23. The number of carbonyl (C=O) groups excluding carboxylic acids is 2. The van der Waals surface area contributed by atoms with Crippen LogP contribution in [0.5, 0.6) is 5.75 Å². The van der Waals surface area contributed by atoms with Crippen molar-refractivity contribution in [1.29, 1.82) is 5.41 Å². The molecule has 160 valence electrons. The Morgan fingerprint density at radius 1 is 1.13 bits per heavy atom. The van der Waals surface area contributed by atoms with E-state index in [2.05, 4.69) is 10.1 Å². The lowest BCUT2D eigenvalue weighted by molar-refractivity contribution is -0.127. The summed E-state index contributed by atoms with van der Waals surface area (Å²) in [6, 6.07) is 7.36. The molecule has 0 saturated carbocycles. The molecule has 0 bridgehead atoms. The van der Waals surface area contributed by atoms with Gasteiger partial charge in [0, 0.05) is 24.1 Å². The number of ether oxygens (including phenoxy) is 1. The molecule has 0 aliphatic rings. The van der Waals surface area contributed by atoms with Gasteiger partial charge in [0.15, 0.2) is 11.7 Å². The molecule has 1 unspecified atom stereocenters. The Kier molecular flexibility index (Phi) is 7.69. The first-order chi connectivity index (χ1) is 14.0. The Bertz CT molecular complexity index is 948. The maximum atomic E-state index is 13.6. The maximum absolute atomic E-state index is 13.6. The molecule has 0 aliphatic carbocycles. The average molecular weight is 462 g/mol. The van der Waals surface area contributed by atoms with Crippen molar-refractivity contribution >= 4 is 52.1 Å². The van der Waals surface area contributed by atoms with E-state index in [4.69, 9.17) is 28.6 Å². The van der Waals surface area contributed by atoms with E-state index < -0.39 is 30.2 Å². The van der Waals surface area contributed by atoms with Gasteiger partial charge in [-0.05, 0) is 43.3 Å². The molecular formula is C19H16Cl2F3N3O3. The van der Waals surface area contributed by atoms with Gasteiger partial charge < -0.3 is 20.4 Å². The number of alkyl halides is 2. The number of halogens is 5. The molecular weight excluding hydrogens is 446 g/mol. The van der Waals surface area contributed by atoms with Gasteiger partial charge in [0.05, 0.1) is 10.0 Å². The molecule has 0 radical (unpaired) electrons. The summed E-state index contributed by atoms with van der Waals surface area (Å²) in [6.45, 7) is -1.71. The van der Waals surface area contributed by atoms with E-state index >= 15 is 0 Å². The minimum atomic E-state index is -2.99. The smallest absolute Gasteiger partial charge is 0.387 e. The van der Waals surface area contributed by atoms with E-state index in [1.807, 2.05) is 0 Å². The quantitative estimate of drug-likeness (QED) is 0.346. The van der Waals surface area contributed by atoms with Gasteiger partial charge in [-0.25, -0.2) is 4.39 Å². The molecule has 30 heavy (non-hydrogen) atoms. The number of hydrogen-bond acceptors (Lipinski definition) is 4. The molecule has 1 atom stereocenters. The normalized spacial score (nSPS) is 11.7. The van der Waals surface area contributed by atoms with Crippen LogP contribution in [0.25, 0.3) is 0 Å². The van der Waals surface area contributed by atoms with E-state index in [0.29, 0.717) is 0 Å². The van der Waals surface area contributed by atoms with Crippen LogP contribution in [0.15, 0.2) is 36.4 Å². The fraction of sp³-hybridized carbons (Fsp3) is 0.211. The van der Waals surface area contributed by atoms with Crippen molar-refractivity contribution in [1.82, 2.24) is 0 Å². The Morgan fingerprint density at radius 2 is 1.67 bits per heavy atom. The number of carbonyl (C=O) groups is 2. The molecule has 6 nitrogen and oxygen atoms in total. The minimum Gasteiger partial charge on any atom is -0.435 e. The lowest BCUT2D eigenvalue weighted by atomic mass is 10.0. The fourth-order valence-electron chi connectivity index (χ4n) is 2.48. The van der Waals surface area contributed by atoms with Crippen molar-refractivity contribution in [2.24, 2.45) is 5.92 Å². The number of hydrogen-bond donors (Lipinski definition) is 2. The van der Waals surface area contributed by atoms with Crippen molar-refractivity contribution in [2.45, 2.75) is 13.5 Å². The van der Waals surface area contributed by atoms with Crippen LogP contribution in [0.4, 0.5) is 24.5 Å². The summed E-state index contributed by atoms with van der Waals surface area (Å²) in [5.74, 6) is -4.06. The van der Waals surface area contributed by atoms with Crippen molar-refractivity contribution in [3.05, 3.63) is 52.3 Å². The van der Waals surface area contributed by atoms with Crippen molar-refractivity contribution in [3.8, 4) is 5.75 Å². The van der Waals surface area contributed by atoms with E-state index in [1.54, 1.807) is 0 Å². The summed E-state index contributed by atoms with van der Waals surface area (Å²) in [5.41, 5.74) is 0.0847. The third-order valence-corrected chi connectivity index (χ3v) is 4.53. The van der Waals surface area contributed by atoms with Gasteiger partial charge in [0.2, 0.25) is 11.8 Å². The zero-order valence-electron chi connectivity index (χ0n) is 15.7. The molecule has 2 N–H and O–H groups in total. The molecule has 0 saturated heterocycles. The summed E-state index contributed by atoms with van der Waals surface area (Å²) in [6.07, 6.45) is 0. The monoisotopic (exact) mass is 461 g/mol. The number of nitrogens with one attached hydrogen (secondary N) is 2. The van der Waals surface area contributed by atoms with Crippen molar-refractivity contribution < 1.29 is 27.5 Å². The van der Waals surface area contributed by atoms with Crippen LogP contribution in [0.2, 0.25) is 10.0 Å². The van der Waals surface area contributed by atoms with Gasteiger partial charge in [-0.1, -0.05) is 23.2 Å². The zero-order chi connectivity index (χ0) is 22.6. The molecule has 11 heteroatoms. The summed E-state index contributed by atoms with van der Waals surface area (Å²) >= 11 is 11.5. The zero-order valence-corrected chi connectivity index (χ0v) is 17.2. The molecule has 2 rings (SSSR count). The topological polar surface area (TPSA) is 82.5 Å². The van der Waals surface area contributed by atoms with E-state index in [9.17, 15) is 22.8 Å². The van der Waals surface area contributed by atoms with Crippen LogP contribution in [-0.2, 0) is 9.59 Å². The summed E-state index contributed by atoms with van der Waals surface area (Å²) in [4.78, 5) is 26.5. The molecule has 0 aliphatic heterocycles. The maximum Gasteiger partial charge on any atom is 0.387 e. The highest BCUT2D eigenvalue weighted by molar-refractivity contribution is 6.35. The number of rotatable bonds is 7. The second kappa shape index (κ2) is 9.82. The van der Waals surface area contributed by atoms with Crippen LogP contribution >= 0.6 is 23.2 Å². The number of nitrogens with zero attached hydrogens (tertiary/aromatic N) is 1. The average Bonchev–Trinajstić information content (AvgIpc) is 2.66. The van der Waals surface area contributed by atoms with E-state index in [1.165, 1.54) is 38.2 Å². The molecule has 0 aromatic heterocycles. The van der Waals surface area contributed by atoms with Crippen LogP contribution in [0.3, 0.4) is 0 Å². The highest BCUT2D eigenvalue weighted by Gasteiger charge is 2.32. The first kappa shape index (κ1) is 23.5. The van der Waals surface area contributed by atoms with Crippen molar-refractivity contribution in [2.75, 3.05) is 17.3 Å². The largest absolute Gasteiger partial charge is 0.435 e. The lowest BCUT2D eigenvalue weighted by Crippen LogP contribution is -2.43. The number of amides is 2. The highest BCUT2D eigenvalue weighted by Crippen LogP contribution is 2.30. The number of benzene rings is 2. The highest BCUT2D eigenvalue weighted by atomic mass is 35.5. The second-order valence-electron chi connectivity index (χ2n) is 6.13. The standard InChI is InChI=1S/C19H16Cl2F3N3O3/c1-9(25)15(17(28)26-10-3-5-12(6-4-10)30-19(23)24)18(29)27(2)11-7-13(20)16(22)14(21)8-11/h3-8,15,19,25H,1-2H3,(H,26,28). The Balaban J connectivity index is 2.20. The summed E-state index contributed by atoms with van der Waals surface area (Å²) in [5, 5.41) is 9.66. The van der Waals surface area contributed by atoms with E-state index in [0.717, 1.165) is 17.0 Å². The van der Waals surface area contributed by atoms with Crippen LogP contribution in [0.1, 0.15) is 6.92 Å². The molecule has 2 aromatic carbocycles. The Hall–Kier alpha value is -2.78. The summed E-state index contributed by atoms with van der Waals surface area (Å²) < 4.78 is 42.2. The third kappa shape index (κ3) is 5.64.